The zero-order valence-corrected chi connectivity index (χ0v) is 10.4. The summed E-state index contributed by atoms with van der Waals surface area (Å²) in [6.07, 6.45) is 1.73. The molecule has 1 fully saturated rings. The molecule has 16 heavy (non-hydrogen) atoms. The fraction of sp³-hybridized carbons (Fsp3) is 1.00. The van der Waals surface area contributed by atoms with Crippen LogP contribution in [-0.4, -0.2) is 36.1 Å². The first-order chi connectivity index (χ1) is 7.29. The maximum atomic E-state index is 11.9. The van der Waals surface area contributed by atoms with Crippen molar-refractivity contribution in [3.63, 3.8) is 0 Å². The molecule has 0 aromatic rings. The number of nitrogens with one attached hydrogen (secondary N) is 1. The summed E-state index contributed by atoms with van der Waals surface area (Å²) < 4.78 is 41.1. The Morgan fingerprint density at radius 2 is 2.12 bits per heavy atom. The highest BCUT2D eigenvalue weighted by Gasteiger charge is 2.30. The van der Waals surface area contributed by atoms with Crippen LogP contribution in [0, 0.1) is 0 Å². The van der Waals surface area contributed by atoms with Gasteiger partial charge in [-0.2, -0.15) is 13.2 Å². The predicted molar refractivity (Wildman–Crippen MR) is 59.6 cm³/mol. The van der Waals surface area contributed by atoms with Crippen molar-refractivity contribution in [1.29, 1.82) is 0 Å². The average molecular weight is 257 g/mol. The molecule has 0 saturated carbocycles. The van der Waals surface area contributed by atoms with Gasteiger partial charge >= 0.3 is 5.51 Å². The Hall–Kier alpha value is 0.0600. The SMILES string of the molecule is CC1(C)CC(NCCSC(F)(F)F)CCO1. The summed E-state index contributed by atoms with van der Waals surface area (Å²) in [6, 6.07) is 0.276. The van der Waals surface area contributed by atoms with Gasteiger partial charge in [0, 0.05) is 24.9 Å². The van der Waals surface area contributed by atoms with Gasteiger partial charge < -0.3 is 10.1 Å². The number of hydrogen-bond donors (Lipinski definition) is 1. The fourth-order valence-electron chi connectivity index (χ4n) is 1.84. The second kappa shape index (κ2) is 5.60. The second-order valence-electron chi connectivity index (χ2n) is 4.55. The fourth-order valence-corrected chi connectivity index (χ4v) is 2.29. The summed E-state index contributed by atoms with van der Waals surface area (Å²) in [7, 11) is 0. The van der Waals surface area contributed by atoms with Crippen LogP contribution in [0.4, 0.5) is 13.2 Å². The minimum Gasteiger partial charge on any atom is -0.375 e. The van der Waals surface area contributed by atoms with Gasteiger partial charge in [-0.15, -0.1) is 0 Å². The van der Waals surface area contributed by atoms with Crippen molar-refractivity contribution in [1.82, 2.24) is 5.32 Å². The monoisotopic (exact) mass is 257 g/mol. The van der Waals surface area contributed by atoms with Crippen LogP contribution >= 0.6 is 11.8 Å². The molecule has 0 spiro atoms. The molecule has 1 atom stereocenters. The first-order valence-corrected chi connectivity index (χ1v) is 6.35. The van der Waals surface area contributed by atoms with E-state index >= 15 is 0 Å². The van der Waals surface area contributed by atoms with E-state index in [9.17, 15) is 13.2 Å². The Morgan fingerprint density at radius 1 is 1.44 bits per heavy atom. The number of thioether (sulfide) groups is 1. The molecule has 1 unspecified atom stereocenters. The van der Waals surface area contributed by atoms with E-state index in [-0.39, 0.29) is 29.2 Å². The van der Waals surface area contributed by atoms with Gasteiger partial charge in [-0.1, -0.05) is 0 Å². The van der Waals surface area contributed by atoms with Crippen LogP contribution in [0.5, 0.6) is 0 Å². The maximum Gasteiger partial charge on any atom is 0.441 e. The Labute approximate surface area is 98.3 Å². The number of halogens is 3. The van der Waals surface area contributed by atoms with Gasteiger partial charge in [-0.25, -0.2) is 0 Å². The van der Waals surface area contributed by atoms with E-state index in [0.717, 1.165) is 12.8 Å². The van der Waals surface area contributed by atoms with Gasteiger partial charge in [0.2, 0.25) is 0 Å². The first-order valence-electron chi connectivity index (χ1n) is 5.36. The number of rotatable bonds is 4. The van der Waals surface area contributed by atoms with Crippen LogP contribution in [0.25, 0.3) is 0 Å². The summed E-state index contributed by atoms with van der Waals surface area (Å²) in [5.41, 5.74) is -4.27. The highest BCUT2D eigenvalue weighted by molar-refractivity contribution is 8.00. The summed E-state index contributed by atoms with van der Waals surface area (Å²) in [4.78, 5) is 0. The second-order valence-corrected chi connectivity index (χ2v) is 5.71. The molecule has 6 heteroatoms. The van der Waals surface area contributed by atoms with Crippen molar-refractivity contribution < 1.29 is 17.9 Å². The molecule has 0 bridgehead atoms. The highest BCUT2D eigenvalue weighted by Crippen LogP contribution is 2.29. The van der Waals surface area contributed by atoms with E-state index in [0.29, 0.717) is 13.2 Å². The van der Waals surface area contributed by atoms with Crippen molar-refractivity contribution in [3.05, 3.63) is 0 Å². The lowest BCUT2D eigenvalue weighted by Crippen LogP contribution is -2.44. The standard InChI is InChI=1S/C10H18F3NOS/c1-9(2)7-8(3-5-15-9)14-4-6-16-10(11,12)13/h8,14H,3-7H2,1-2H3. The van der Waals surface area contributed by atoms with Gasteiger partial charge in [0.1, 0.15) is 0 Å². The van der Waals surface area contributed by atoms with Crippen LogP contribution in [0.15, 0.2) is 0 Å². The van der Waals surface area contributed by atoms with Crippen molar-refractivity contribution in [2.75, 3.05) is 18.9 Å². The summed E-state index contributed by atoms with van der Waals surface area (Å²) in [5.74, 6) is 0.0707. The Morgan fingerprint density at radius 3 is 2.69 bits per heavy atom. The molecular formula is C10H18F3NOS. The van der Waals surface area contributed by atoms with Gasteiger partial charge in [0.25, 0.3) is 0 Å². The summed E-state index contributed by atoms with van der Waals surface area (Å²) >= 11 is 0.0283. The first kappa shape index (κ1) is 14.1. The molecule has 0 radical (unpaired) electrons. The molecular weight excluding hydrogens is 239 g/mol. The normalized spacial score (nSPS) is 25.7. The quantitative estimate of drug-likeness (QED) is 0.782. The lowest BCUT2D eigenvalue weighted by atomic mass is 9.94. The molecule has 1 rings (SSSR count). The van der Waals surface area contributed by atoms with Crippen LogP contribution in [0.1, 0.15) is 26.7 Å². The van der Waals surface area contributed by atoms with Gasteiger partial charge in [0.05, 0.1) is 5.60 Å². The van der Waals surface area contributed by atoms with Crippen molar-refractivity contribution >= 4 is 11.8 Å². The Balaban J connectivity index is 2.13. The maximum absolute atomic E-state index is 11.9. The third-order valence-corrected chi connectivity index (χ3v) is 3.23. The molecule has 1 aliphatic rings. The average Bonchev–Trinajstić information content (AvgIpc) is 2.09. The smallest absolute Gasteiger partial charge is 0.375 e. The molecule has 2 nitrogen and oxygen atoms in total. The van der Waals surface area contributed by atoms with E-state index in [1.807, 2.05) is 13.8 Å². The van der Waals surface area contributed by atoms with Crippen LogP contribution < -0.4 is 5.32 Å². The molecule has 1 saturated heterocycles. The van der Waals surface area contributed by atoms with Crippen LogP contribution in [0.2, 0.25) is 0 Å². The highest BCUT2D eigenvalue weighted by atomic mass is 32.2. The largest absolute Gasteiger partial charge is 0.441 e. The van der Waals surface area contributed by atoms with Gasteiger partial charge in [-0.3, -0.25) is 0 Å². The lowest BCUT2D eigenvalue weighted by molar-refractivity contribution is -0.0626. The van der Waals surface area contributed by atoms with Gasteiger partial charge in [-0.05, 0) is 38.5 Å². The third-order valence-electron chi connectivity index (χ3n) is 2.50. The summed E-state index contributed by atoms with van der Waals surface area (Å²) in [5, 5.41) is 3.15. The molecule has 1 heterocycles. The van der Waals surface area contributed by atoms with E-state index < -0.39 is 5.51 Å². The van der Waals surface area contributed by atoms with Gasteiger partial charge in [0.15, 0.2) is 0 Å². The molecule has 1 N–H and O–H groups in total. The third kappa shape index (κ3) is 5.96. The topological polar surface area (TPSA) is 21.3 Å². The minimum absolute atomic E-state index is 0.0283. The molecule has 1 aliphatic heterocycles. The van der Waals surface area contributed by atoms with E-state index in [1.54, 1.807) is 0 Å². The molecule has 0 amide bonds. The molecule has 96 valence electrons. The van der Waals surface area contributed by atoms with Crippen LogP contribution in [-0.2, 0) is 4.74 Å². The van der Waals surface area contributed by atoms with E-state index in [2.05, 4.69) is 5.32 Å². The van der Waals surface area contributed by atoms with Crippen molar-refractivity contribution in [2.45, 2.75) is 43.8 Å². The Bertz CT molecular complexity index is 221. The minimum atomic E-state index is -4.11. The number of ether oxygens (including phenoxy) is 1. The molecule has 0 aliphatic carbocycles. The van der Waals surface area contributed by atoms with E-state index in [1.165, 1.54) is 0 Å². The lowest BCUT2D eigenvalue weighted by Gasteiger charge is -2.36. The molecule has 0 aromatic carbocycles. The molecule has 0 aromatic heterocycles. The predicted octanol–water partition coefficient (Wildman–Crippen LogP) is 2.79. The number of alkyl halides is 3. The zero-order valence-electron chi connectivity index (χ0n) is 9.56. The number of hydrogen-bond acceptors (Lipinski definition) is 3. The van der Waals surface area contributed by atoms with Crippen molar-refractivity contribution in [2.24, 2.45) is 0 Å². The van der Waals surface area contributed by atoms with Crippen molar-refractivity contribution in [3.8, 4) is 0 Å². The Kier molecular flexibility index (Phi) is 4.94. The zero-order chi connectivity index (χ0) is 12.2. The summed E-state index contributed by atoms with van der Waals surface area (Å²) in [6.45, 7) is 5.08. The van der Waals surface area contributed by atoms with Crippen LogP contribution in [0.3, 0.4) is 0 Å². The van der Waals surface area contributed by atoms with E-state index in [4.69, 9.17) is 4.74 Å².